The summed E-state index contributed by atoms with van der Waals surface area (Å²) < 4.78 is 1.31. The van der Waals surface area contributed by atoms with Crippen molar-refractivity contribution in [3.8, 4) is 0 Å². The van der Waals surface area contributed by atoms with Crippen LogP contribution in [-0.2, 0) is 0 Å². The van der Waals surface area contributed by atoms with Gasteiger partial charge in [-0.3, -0.25) is 0 Å². The van der Waals surface area contributed by atoms with Crippen LogP contribution in [0.2, 0.25) is 0 Å². The van der Waals surface area contributed by atoms with Crippen LogP contribution in [0.5, 0.6) is 0 Å². The highest BCUT2D eigenvalue weighted by Gasteiger charge is 2.46. The maximum atomic E-state index is 13.1. The second kappa shape index (κ2) is 6.88. The lowest BCUT2D eigenvalue weighted by Gasteiger charge is -2.07. The largest absolute Gasteiger partial charge is 0.532 e. The van der Waals surface area contributed by atoms with Crippen LogP contribution in [0.1, 0.15) is 16.7 Å². The van der Waals surface area contributed by atoms with Crippen LogP contribution in [-0.4, -0.2) is 22.5 Å². The summed E-state index contributed by atoms with van der Waals surface area (Å²) in [6.07, 6.45) is 0. The molecular formula is C22H18N3O2+. The first-order chi connectivity index (χ1) is 13.1. The van der Waals surface area contributed by atoms with Gasteiger partial charge in [0.1, 0.15) is 5.69 Å². The van der Waals surface area contributed by atoms with Crippen LogP contribution >= 0.6 is 0 Å². The Morgan fingerprint density at radius 2 is 1.30 bits per heavy atom. The number of urea groups is 2. The number of hydrogen-bond acceptors (Lipinski definition) is 2. The molecule has 0 atom stereocenters. The van der Waals surface area contributed by atoms with E-state index in [-0.39, 0.29) is 0 Å². The highest BCUT2D eigenvalue weighted by atomic mass is 16.2. The summed E-state index contributed by atoms with van der Waals surface area (Å²) in [5.74, 6) is 0. The number of nitrogens with one attached hydrogen (secondary N) is 1. The maximum Gasteiger partial charge on any atom is 0.532 e. The normalized spacial score (nSPS) is 13.7. The zero-order chi connectivity index (χ0) is 18.8. The molecule has 1 saturated heterocycles. The van der Waals surface area contributed by atoms with Crippen molar-refractivity contribution in [3.05, 3.63) is 102 Å². The van der Waals surface area contributed by atoms with E-state index in [4.69, 9.17) is 0 Å². The van der Waals surface area contributed by atoms with Crippen LogP contribution in [0.4, 0.5) is 15.3 Å². The molecule has 4 amide bonds. The van der Waals surface area contributed by atoms with E-state index in [1.54, 1.807) is 12.1 Å². The first kappa shape index (κ1) is 16.7. The summed E-state index contributed by atoms with van der Waals surface area (Å²) in [6, 6.07) is 25.4. The molecule has 0 spiro atoms. The smallest absolute Gasteiger partial charge is 0.216 e. The van der Waals surface area contributed by atoms with E-state index in [1.165, 1.54) is 4.68 Å². The number of anilines is 1. The van der Waals surface area contributed by atoms with Crippen LogP contribution in [0.15, 0.2) is 84.9 Å². The van der Waals surface area contributed by atoms with E-state index in [2.05, 4.69) is 5.43 Å². The lowest BCUT2D eigenvalue weighted by molar-refractivity contribution is -0.462. The number of nitrogens with zero attached hydrogens (tertiary/aromatic N) is 2. The molecular weight excluding hydrogens is 338 g/mol. The van der Waals surface area contributed by atoms with Crippen molar-refractivity contribution in [1.29, 1.82) is 0 Å². The van der Waals surface area contributed by atoms with Crippen LogP contribution < -0.4 is 10.3 Å². The Kier molecular flexibility index (Phi) is 4.26. The molecule has 1 N–H and O–H groups in total. The Labute approximate surface area is 157 Å². The molecule has 3 aromatic rings. The van der Waals surface area contributed by atoms with E-state index >= 15 is 0 Å². The monoisotopic (exact) mass is 356 g/mol. The summed E-state index contributed by atoms with van der Waals surface area (Å²) >= 11 is 0. The fourth-order valence-electron chi connectivity index (χ4n) is 3.07. The third kappa shape index (κ3) is 3.11. The van der Waals surface area contributed by atoms with E-state index < -0.39 is 12.1 Å². The fraction of sp³-hybridized carbons (Fsp3) is 0.0455. The zero-order valence-corrected chi connectivity index (χ0v) is 14.8. The van der Waals surface area contributed by atoms with Gasteiger partial charge in [-0.15, -0.1) is 10.3 Å². The first-order valence-corrected chi connectivity index (χ1v) is 8.64. The topological polar surface area (TPSA) is 52.4 Å². The predicted molar refractivity (Wildman–Crippen MR) is 104 cm³/mol. The molecule has 0 saturated carbocycles. The second-order valence-electron chi connectivity index (χ2n) is 6.29. The number of rotatable bonds is 3. The zero-order valence-electron chi connectivity index (χ0n) is 14.8. The molecule has 1 aliphatic heterocycles. The van der Waals surface area contributed by atoms with Crippen LogP contribution in [0.25, 0.3) is 0 Å². The minimum atomic E-state index is -0.479. The number of imide groups is 1. The molecule has 4 rings (SSSR count). The molecule has 27 heavy (non-hydrogen) atoms. The van der Waals surface area contributed by atoms with Gasteiger partial charge in [0.15, 0.2) is 5.71 Å². The van der Waals surface area contributed by atoms with E-state index in [1.807, 2.05) is 79.7 Å². The summed E-state index contributed by atoms with van der Waals surface area (Å²) in [6.45, 7) is 1.96. The molecule has 1 heterocycles. The Morgan fingerprint density at radius 1 is 0.778 bits per heavy atom. The summed E-state index contributed by atoms with van der Waals surface area (Å²) in [5, 5.41) is 0. The van der Waals surface area contributed by atoms with Crippen molar-refractivity contribution >= 4 is 23.5 Å². The van der Waals surface area contributed by atoms with E-state index in [0.717, 1.165) is 21.6 Å². The average Bonchev–Trinajstić information content (AvgIpc) is 2.99. The average molecular weight is 356 g/mol. The van der Waals surface area contributed by atoms with Crippen molar-refractivity contribution in [2.24, 2.45) is 0 Å². The van der Waals surface area contributed by atoms with Gasteiger partial charge in [-0.2, -0.15) is 4.79 Å². The van der Waals surface area contributed by atoms with Gasteiger partial charge in [-0.1, -0.05) is 83.0 Å². The molecule has 5 heteroatoms. The van der Waals surface area contributed by atoms with Gasteiger partial charge in [0.25, 0.3) is 0 Å². The number of hydrogen-bond donors (Lipinski definition) is 1. The van der Waals surface area contributed by atoms with E-state index in [0.29, 0.717) is 11.4 Å². The van der Waals surface area contributed by atoms with Gasteiger partial charge in [-0.05, 0) is 19.1 Å². The Balaban J connectivity index is 1.87. The first-order valence-electron chi connectivity index (χ1n) is 8.64. The van der Waals surface area contributed by atoms with Crippen molar-refractivity contribution in [1.82, 2.24) is 5.43 Å². The SMILES string of the molecule is Cc1ccc(N2C(=O)N[N+](=C(c3ccccc3)c3ccccc3)C2=O)cc1. The van der Waals surface area contributed by atoms with Gasteiger partial charge in [-0.25, -0.2) is 4.79 Å². The van der Waals surface area contributed by atoms with Gasteiger partial charge in [0.05, 0.1) is 0 Å². The number of carbonyl (C=O) groups excluding carboxylic acids is 2. The molecule has 5 nitrogen and oxygen atoms in total. The third-order valence-electron chi connectivity index (χ3n) is 4.40. The van der Waals surface area contributed by atoms with Crippen molar-refractivity contribution in [3.63, 3.8) is 0 Å². The highest BCUT2D eigenvalue weighted by Crippen LogP contribution is 2.21. The number of carbonyl (C=O) groups is 2. The van der Waals surface area contributed by atoms with E-state index in [9.17, 15) is 9.59 Å². The maximum absolute atomic E-state index is 13.1. The number of hydrazine groups is 1. The number of benzene rings is 3. The minimum Gasteiger partial charge on any atom is -0.216 e. The summed E-state index contributed by atoms with van der Waals surface area (Å²) in [5.41, 5.74) is 6.59. The molecule has 3 aromatic carbocycles. The van der Waals surface area contributed by atoms with Gasteiger partial charge in [0, 0.05) is 11.1 Å². The Bertz CT molecular complexity index is 985. The lowest BCUT2D eigenvalue weighted by atomic mass is 10.0. The molecule has 0 bridgehead atoms. The number of hydrazone groups is 1. The van der Waals surface area contributed by atoms with Gasteiger partial charge < -0.3 is 0 Å². The molecule has 132 valence electrons. The van der Waals surface area contributed by atoms with Crippen molar-refractivity contribution in [2.45, 2.75) is 6.92 Å². The van der Waals surface area contributed by atoms with Crippen molar-refractivity contribution in [2.75, 3.05) is 4.90 Å². The van der Waals surface area contributed by atoms with Crippen molar-refractivity contribution < 1.29 is 14.3 Å². The Hall–Kier alpha value is -3.73. The number of aryl methyl sites for hydroxylation is 1. The standard InChI is InChI=1S/C22H17N3O2/c1-16-12-14-19(15-13-16)24-21(26)23-25(22(24)27)20(17-8-4-2-5-9-17)18-10-6-3-7-11-18/h2-15H,1H3/p+1. The quantitative estimate of drug-likeness (QED) is 0.718. The summed E-state index contributed by atoms with van der Waals surface area (Å²) in [7, 11) is 0. The molecule has 0 aromatic heterocycles. The molecule has 1 aliphatic rings. The highest BCUT2D eigenvalue weighted by molar-refractivity contribution is 6.18. The van der Waals surface area contributed by atoms with Crippen LogP contribution in [0, 0.1) is 6.92 Å². The van der Waals surface area contributed by atoms with Gasteiger partial charge in [0.2, 0.25) is 0 Å². The second-order valence-corrected chi connectivity index (χ2v) is 6.29. The third-order valence-corrected chi connectivity index (χ3v) is 4.40. The lowest BCUT2D eigenvalue weighted by Crippen LogP contribution is -2.33. The Morgan fingerprint density at radius 3 is 1.81 bits per heavy atom. The number of amides is 4. The molecule has 0 unspecified atom stereocenters. The van der Waals surface area contributed by atoms with Gasteiger partial charge >= 0.3 is 12.1 Å². The summed E-state index contributed by atoms with van der Waals surface area (Å²) in [4.78, 5) is 26.9. The molecule has 1 fully saturated rings. The minimum absolute atomic E-state index is 0.438. The fourth-order valence-corrected chi connectivity index (χ4v) is 3.07. The van der Waals surface area contributed by atoms with Crippen LogP contribution in [0.3, 0.4) is 0 Å². The predicted octanol–water partition coefficient (Wildman–Crippen LogP) is 4.11. The molecule has 0 radical (unpaired) electrons. The molecule has 0 aliphatic carbocycles.